The topological polar surface area (TPSA) is 55.6 Å². The van der Waals surface area contributed by atoms with Gasteiger partial charge in [0, 0.05) is 11.1 Å². The third-order valence-electron chi connectivity index (χ3n) is 4.24. The number of furan rings is 1. The van der Waals surface area contributed by atoms with Crippen LogP contribution >= 0.6 is 11.3 Å². The lowest BCUT2D eigenvalue weighted by molar-refractivity contribution is -0.122. The van der Waals surface area contributed by atoms with Crippen LogP contribution < -0.4 is 4.90 Å². The zero-order valence-electron chi connectivity index (χ0n) is 13.6. The van der Waals surface area contributed by atoms with Crippen molar-refractivity contribution < 1.29 is 13.9 Å². The summed E-state index contributed by atoms with van der Waals surface area (Å²) in [5.74, 6) is 1.31. The summed E-state index contributed by atoms with van der Waals surface area (Å²) < 4.78 is 11.3. The number of fused-ring (bicyclic) bond motifs is 1. The summed E-state index contributed by atoms with van der Waals surface area (Å²) in [5.41, 5.74) is 1.30. The Morgan fingerprint density at radius 2 is 2.24 bits per heavy atom. The minimum Gasteiger partial charge on any atom is -0.467 e. The van der Waals surface area contributed by atoms with Gasteiger partial charge >= 0.3 is 0 Å². The maximum absolute atomic E-state index is 13.0. The molecule has 0 aliphatic carbocycles. The smallest absolute Gasteiger partial charge is 0.231 e. The highest BCUT2D eigenvalue weighted by Gasteiger charge is 2.28. The van der Waals surface area contributed by atoms with Crippen LogP contribution in [0.5, 0.6) is 0 Å². The number of thiophene rings is 1. The van der Waals surface area contributed by atoms with Crippen molar-refractivity contribution in [2.75, 3.05) is 11.5 Å². The second-order valence-electron chi connectivity index (χ2n) is 5.87. The molecule has 6 heteroatoms. The second kappa shape index (κ2) is 7.21. The fourth-order valence-corrected chi connectivity index (χ4v) is 4.02. The molecule has 0 spiro atoms. The van der Waals surface area contributed by atoms with Gasteiger partial charge in [-0.1, -0.05) is 6.07 Å². The number of aromatic nitrogens is 1. The summed E-state index contributed by atoms with van der Waals surface area (Å²) in [6.07, 6.45) is 4.33. The van der Waals surface area contributed by atoms with E-state index in [1.807, 2.05) is 30.3 Å². The van der Waals surface area contributed by atoms with Gasteiger partial charge in [0.25, 0.3) is 0 Å². The summed E-state index contributed by atoms with van der Waals surface area (Å²) in [6, 6.07) is 11.3. The highest BCUT2D eigenvalue weighted by molar-refractivity contribution is 7.10. The van der Waals surface area contributed by atoms with Crippen LogP contribution in [-0.2, 0) is 22.5 Å². The maximum atomic E-state index is 13.0. The molecule has 0 fully saturated rings. The lowest BCUT2D eigenvalue weighted by Crippen LogP contribution is -2.33. The number of rotatable bonds is 5. The third kappa shape index (κ3) is 3.50. The van der Waals surface area contributed by atoms with Crippen LogP contribution in [0.4, 0.5) is 5.82 Å². The molecule has 25 heavy (non-hydrogen) atoms. The first kappa shape index (κ1) is 16.1. The van der Waals surface area contributed by atoms with Crippen molar-refractivity contribution in [3.63, 3.8) is 0 Å². The zero-order chi connectivity index (χ0) is 17.1. The molecular formula is C19H18N2O3S. The SMILES string of the molecule is O=C(CC1OCCc2ccsc21)N(Cc1ccco1)c1ccccn1. The lowest BCUT2D eigenvalue weighted by atomic mass is 10.0. The third-order valence-corrected chi connectivity index (χ3v) is 5.30. The zero-order valence-corrected chi connectivity index (χ0v) is 14.4. The molecule has 1 amide bonds. The molecule has 1 unspecified atom stereocenters. The predicted octanol–water partition coefficient (Wildman–Crippen LogP) is 3.97. The largest absolute Gasteiger partial charge is 0.467 e. The summed E-state index contributed by atoms with van der Waals surface area (Å²) >= 11 is 1.66. The fraction of sp³-hybridized carbons (Fsp3) is 0.263. The van der Waals surface area contributed by atoms with E-state index < -0.39 is 0 Å². The molecule has 3 aromatic rings. The van der Waals surface area contributed by atoms with Crippen LogP contribution in [0.1, 0.15) is 28.7 Å². The molecule has 0 aromatic carbocycles. The molecule has 0 bridgehead atoms. The molecule has 0 N–H and O–H groups in total. The molecular weight excluding hydrogens is 336 g/mol. The normalized spacial score (nSPS) is 16.4. The Kier molecular flexibility index (Phi) is 4.63. The van der Waals surface area contributed by atoms with Crippen LogP contribution in [0.25, 0.3) is 0 Å². The molecule has 4 rings (SSSR count). The van der Waals surface area contributed by atoms with Crippen LogP contribution in [0, 0.1) is 0 Å². The van der Waals surface area contributed by atoms with Gasteiger partial charge in [0.1, 0.15) is 17.7 Å². The van der Waals surface area contributed by atoms with E-state index in [0.29, 0.717) is 25.4 Å². The van der Waals surface area contributed by atoms with E-state index in [0.717, 1.165) is 12.2 Å². The second-order valence-corrected chi connectivity index (χ2v) is 6.82. The van der Waals surface area contributed by atoms with Crippen molar-refractivity contribution >= 4 is 23.1 Å². The summed E-state index contributed by atoms with van der Waals surface area (Å²) in [4.78, 5) is 20.2. The first-order chi connectivity index (χ1) is 12.3. The molecule has 0 radical (unpaired) electrons. The van der Waals surface area contributed by atoms with Gasteiger partial charge in [-0.25, -0.2) is 4.98 Å². The van der Waals surface area contributed by atoms with Crippen molar-refractivity contribution in [3.05, 3.63) is 70.4 Å². The first-order valence-corrected chi connectivity index (χ1v) is 9.11. The van der Waals surface area contributed by atoms with Crippen molar-refractivity contribution in [1.82, 2.24) is 4.98 Å². The van der Waals surface area contributed by atoms with E-state index in [1.54, 1.807) is 28.7 Å². The molecule has 3 aromatic heterocycles. The molecule has 1 aliphatic heterocycles. The minimum absolute atomic E-state index is 0.0265. The number of amides is 1. The van der Waals surface area contributed by atoms with E-state index in [2.05, 4.69) is 16.4 Å². The average Bonchev–Trinajstić information content (AvgIpc) is 3.32. The standard InChI is InChI=1S/C19H18N2O3S/c22-18(12-16-19-14(6-10-24-16)7-11-25-19)21(13-15-4-3-9-23-15)17-5-1-2-8-20-17/h1-5,7-9,11,16H,6,10,12-13H2. The number of hydrogen-bond acceptors (Lipinski definition) is 5. The summed E-state index contributed by atoms with van der Waals surface area (Å²) in [7, 11) is 0. The van der Waals surface area contributed by atoms with Gasteiger partial charge in [0.05, 0.1) is 25.8 Å². The van der Waals surface area contributed by atoms with Gasteiger partial charge in [-0.15, -0.1) is 11.3 Å². The average molecular weight is 354 g/mol. The Labute approximate surface area is 149 Å². The predicted molar refractivity (Wildman–Crippen MR) is 95.5 cm³/mol. The summed E-state index contributed by atoms with van der Waals surface area (Å²) in [6.45, 7) is 1.01. The van der Waals surface area contributed by atoms with Gasteiger partial charge in [0.15, 0.2) is 0 Å². The lowest BCUT2D eigenvalue weighted by Gasteiger charge is -2.26. The minimum atomic E-state index is -0.181. The number of anilines is 1. The number of hydrogen-bond donors (Lipinski definition) is 0. The van der Waals surface area contributed by atoms with E-state index in [9.17, 15) is 4.79 Å². The van der Waals surface area contributed by atoms with Crippen molar-refractivity contribution in [2.24, 2.45) is 0 Å². The van der Waals surface area contributed by atoms with Crippen LogP contribution in [0.2, 0.25) is 0 Å². The number of nitrogens with zero attached hydrogens (tertiary/aromatic N) is 2. The highest BCUT2D eigenvalue weighted by atomic mass is 32.1. The van der Waals surface area contributed by atoms with Crippen LogP contribution in [-0.4, -0.2) is 17.5 Å². The Balaban J connectivity index is 1.56. The molecule has 0 saturated carbocycles. The Bertz CT molecular complexity index is 829. The van der Waals surface area contributed by atoms with Gasteiger partial charge in [-0.3, -0.25) is 9.69 Å². The molecule has 4 heterocycles. The number of carbonyl (C=O) groups excluding carboxylic acids is 1. The number of pyridine rings is 1. The Morgan fingerprint density at radius 1 is 1.28 bits per heavy atom. The van der Waals surface area contributed by atoms with Crippen molar-refractivity contribution in [3.8, 4) is 0 Å². The Morgan fingerprint density at radius 3 is 3.04 bits per heavy atom. The molecule has 1 atom stereocenters. The Hall–Kier alpha value is -2.44. The molecule has 5 nitrogen and oxygen atoms in total. The molecule has 1 aliphatic rings. The van der Waals surface area contributed by atoms with E-state index >= 15 is 0 Å². The van der Waals surface area contributed by atoms with E-state index in [4.69, 9.17) is 9.15 Å². The van der Waals surface area contributed by atoms with Crippen LogP contribution in [0.3, 0.4) is 0 Å². The highest BCUT2D eigenvalue weighted by Crippen LogP contribution is 2.34. The van der Waals surface area contributed by atoms with Crippen LogP contribution in [0.15, 0.2) is 58.7 Å². The number of carbonyl (C=O) groups is 1. The maximum Gasteiger partial charge on any atom is 0.231 e. The summed E-state index contributed by atoms with van der Waals surface area (Å²) in [5, 5.41) is 2.07. The number of ether oxygens (including phenoxy) is 1. The molecule has 128 valence electrons. The van der Waals surface area contributed by atoms with Gasteiger partial charge in [0.2, 0.25) is 5.91 Å². The quantitative estimate of drug-likeness (QED) is 0.696. The van der Waals surface area contributed by atoms with Gasteiger partial charge in [-0.05, 0) is 47.7 Å². The van der Waals surface area contributed by atoms with Crippen molar-refractivity contribution in [1.29, 1.82) is 0 Å². The van der Waals surface area contributed by atoms with Crippen molar-refractivity contribution in [2.45, 2.75) is 25.5 Å². The molecule has 0 saturated heterocycles. The van der Waals surface area contributed by atoms with E-state index in [-0.39, 0.29) is 12.0 Å². The first-order valence-electron chi connectivity index (χ1n) is 8.23. The monoisotopic (exact) mass is 354 g/mol. The van der Waals surface area contributed by atoms with Gasteiger partial charge < -0.3 is 9.15 Å². The van der Waals surface area contributed by atoms with Gasteiger partial charge in [-0.2, -0.15) is 0 Å². The van der Waals surface area contributed by atoms with E-state index in [1.165, 1.54) is 10.4 Å². The fourth-order valence-electron chi connectivity index (χ4n) is 3.01.